The van der Waals surface area contributed by atoms with E-state index in [1.54, 1.807) is 18.3 Å². The third kappa shape index (κ3) is 3.28. The molecule has 0 spiro atoms. The summed E-state index contributed by atoms with van der Waals surface area (Å²) in [6, 6.07) is 5.75. The molecule has 2 aromatic rings. The van der Waals surface area contributed by atoms with Crippen LogP contribution in [-0.4, -0.2) is 9.91 Å². The average molecular weight is 314 g/mol. The lowest BCUT2D eigenvalue weighted by molar-refractivity contribution is -0.384. The summed E-state index contributed by atoms with van der Waals surface area (Å²) >= 11 is 11.8. The number of nitrogens with two attached hydrogens (primary N) is 1. The van der Waals surface area contributed by atoms with Crippen LogP contribution in [0.4, 0.5) is 11.5 Å². The first-order valence-electron chi connectivity index (χ1n) is 5.44. The Balaban J connectivity index is 2.17. The van der Waals surface area contributed by atoms with Gasteiger partial charge in [-0.1, -0.05) is 29.3 Å². The van der Waals surface area contributed by atoms with E-state index in [1.165, 1.54) is 12.1 Å². The van der Waals surface area contributed by atoms with E-state index < -0.39 is 4.92 Å². The SMILES string of the molecule is Nc1ccc(COc2c(Cl)cc([N+](=O)[O-])cc2Cl)cn1. The van der Waals surface area contributed by atoms with Gasteiger partial charge in [-0.05, 0) is 6.07 Å². The fraction of sp³-hybridized carbons (Fsp3) is 0.0833. The van der Waals surface area contributed by atoms with Crippen molar-refractivity contribution >= 4 is 34.7 Å². The normalized spacial score (nSPS) is 10.3. The number of rotatable bonds is 4. The van der Waals surface area contributed by atoms with E-state index in [0.717, 1.165) is 5.56 Å². The molecule has 1 aromatic heterocycles. The first kappa shape index (κ1) is 14.4. The zero-order valence-corrected chi connectivity index (χ0v) is 11.6. The van der Waals surface area contributed by atoms with Crippen molar-refractivity contribution in [2.75, 3.05) is 5.73 Å². The maximum atomic E-state index is 10.7. The average Bonchev–Trinajstić information content (AvgIpc) is 2.39. The molecule has 0 aliphatic carbocycles. The zero-order valence-electron chi connectivity index (χ0n) is 10.0. The topological polar surface area (TPSA) is 91.3 Å². The van der Waals surface area contributed by atoms with Crippen LogP contribution in [0.25, 0.3) is 0 Å². The highest BCUT2D eigenvalue weighted by Gasteiger charge is 2.15. The first-order valence-corrected chi connectivity index (χ1v) is 6.19. The van der Waals surface area contributed by atoms with Crippen LogP contribution in [0, 0.1) is 10.1 Å². The molecule has 0 aliphatic rings. The summed E-state index contributed by atoms with van der Waals surface area (Å²) in [5, 5.41) is 10.8. The standard InChI is InChI=1S/C12H9Cl2N3O3/c13-9-3-8(17(18)19)4-10(14)12(9)20-6-7-1-2-11(15)16-5-7/h1-5H,6H2,(H2,15,16). The minimum atomic E-state index is -0.578. The van der Waals surface area contributed by atoms with Crippen molar-refractivity contribution in [2.24, 2.45) is 0 Å². The maximum absolute atomic E-state index is 10.7. The number of hydrogen-bond acceptors (Lipinski definition) is 5. The van der Waals surface area contributed by atoms with Crippen molar-refractivity contribution in [3.05, 3.63) is 56.2 Å². The van der Waals surface area contributed by atoms with Crippen LogP contribution in [0.2, 0.25) is 10.0 Å². The van der Waals surface area contributed by atoms with Gasteiger partial charge in [0.25, 0.3) is 5.69 Å². The number of nitro groups is 1. The molecule has 1 heterocycles. The highest BCUT2D eigenvalue weighted by molar-refractivity contribution is 6.37. The summed E-state index contributed by atoms with van der Waals surface area (Å²) in [6.45, 7) is 0.171. The maximum Gasteiger partial charge on any atom is 0.272 e. The Kier molecular flexibility index (Phi) is 4.26. The summed E-state index contributed by atoms with van der Waals surface area (Å²) in [5.74, 6) is 0.593. The second kappa shape index (κ2) is 5.94. The van der Waals surface area contributed by atoms with E-state index in [9.17, 15) is 10.1 Å². The van der Waals surface area contributed by atoms with E-state index in [1.807, 2.05) is 0 Å². The van der Waals surface area contributed by atoms with E-state index in [2.05, 4.69) is 4.98 Å². The Hall–Kier alpha value is -2.05. The molecular formula is C12H9Cl2N3O3. The lowest BCUT2D eigenvalue weighted by Gasteiger charge is -2.09. The third-order valence-corrected chi connectivity index (χ3v) is 2.99. The number of aromatic nitrogens is 1. The summed E-state index contributed by atoms with van der Waals surface area (Å²) in [4.78, 5) is 14.0. The van der Waals surface area contributed by atoms with Gasteiger partial charge in [0, 0.05) is 23.9 Å². The largest absolute Gasteiger partial charge is 0.486 e. The smallest absolute Gasteiger partial charge is 0.272 e. The van der Waals surface area contributed by atoms with Gasteiger partial charge in [-0.3, -0.25) is 10.1 Å². The molecule has 0 saturated heterocycles. The number of anilines is 1. The van der Waals surface area contributed by atoms with Crippen LogP contribution in [0.15, 0.2) is 30.5 Å². The van der Waals surface area contributed by atoms with Crippen LogP contribution in [0.1, 0.15) is 5.56 Å². The summed E-state index contributed by atoms with van der Waals surface area (Å²) in [5.41, 5.74) is 6.04. The van der Waals surface area contributed by atoms with Gasteiger partial charge in [0.05, 0.1) is 15.0 Å². The minimum absolute atomic E-state index is 0.0765. The van der Waals surface area contributed by atoms with Crippen molar-refractivity contribution in [3.8, 4) is 5.75 Å². The van der Waals surface area contributed by atoms with Gasteiger partial charge in [0.15, 0.2) is 5.75 Å². The monoisotopic (exact) mass is 313 g/mol. The van der Waals surface area contributed by atoms with Gasteiger partial charge in [0.1, 0.15) is 12.4 Å². The minimum Gasteiger partial charge on any atom is -0.486 e. The predicted octanol–water partition coefficient (Wildman–Crippen LogP) is 3.46. The zero-order chi connectivity index (χ0) is 14.7. The lowest BCUT2D eigenvalue weighted by Crippen LogP contribution is -1.99. The molecule has 8 heteroatoms. The lowest BCUT2D eigenvalue weighted by atomic mass is 10.3. The Bertz CT molecular complexity index is 624. The first-order chi connectivity index (χ1) is 9.47. The Morgan fingerprint density at radius 3 is 2.45 bits per heavy atom. The molecule has 0 radical (unpaired) electrons. The van der Waals surface area contributed by atoms with Crippen LogP contribution in [0.5, 0.6) is 5.75 Å². The van der Waals surface area contributed by atoms with Gasteiger partial charge in [-0.25, -0.2) is 4.98 Å². The Labute approximate surface area is 124 Å². The Morgan fingerprint density at radius 1 is 1.30 bits per heavy atom. The molecule has 0 atom stereocenters. The molecule has 0 unspecified atom stereocenters. The molecular weight excluding hydrogens is 305 g/mol. The molecule has 1 aromatic carbocycles. The van der Waals surface area contributed by atoms with Crippen LogP contribution < -0.4 is 10.5 Å². The van der Waals surface area contributed by atoms with E-state index >= 15 is 0 Å². The molecule has 0 fully saturated rings. The number of hydrogen-bond donors (Lipinski definition) is 1. The van der Waals surface area contributed by atoms with E-state index in [0.29, 0.717) is 5.82 Å². The van der Waals surface area contributed by atoms with E-state index in [4.69, 9.17) is 33.7 Å². The number of nitrogen functional groups attached to an aromatic ring is 1. The van der Waals surface area contributed by atoms with Crippen LogP contribution >= 0.6 is 23.2 Å². The molecule has 2 N–H and O–H groups in total. The molecule has 0 aliphatic heterocycles. The van der Waals surface area contributed by atoms with Crippen LogP contribution in [0.3, 0.4) is 0 Å². The van der Waals surface area contributed by atoms with Gasteiger partial charge in [0.2, 0.25) is 0 Å². The highest BCUT2D eigenvalue weighted by atomic mass is 35.5. The number of nitro benzene ring substituents is 1. The number of nitrogens with zero attached hydrogens (tertiary/aromatic N) is 2. The van der Waals surface area contributed by atoms with E-state index in [-0.39, 0.29) is 28.1 Å². The summed E-state index contributed by atoms with van der Waals surface area (Å²) in [6.07, 6.45) is 1.56. The third-order valence-electron chi connectivity index (χ3n) is 2.42. The predicted molar refractivity (Wildman–Crippen MR) is 76.1 cm³/mol. The fourth-order valence-corrected chi connectivity index (χ4v) is 2.05. The number of pyridine rings is 1. The van der Waals surface area contributed by atoms with Gasteiger partial charge in [-0.2, -0.15) is 0 Å². The van der Waals surface area contributed by atoms with Crippen molar-refractivity contribution in [1.29, 1.82) is 0 Å². The second-order valence-corrected chi connectivity index (χ2v) is 4.69. The fourth-order valence-electron chi connectivity index (χ4n) is 1.47. The molecule has 6 nitrogen and oxygen atoms in total. The highest BCUT2D eigenvalue weighted by Crippen LogP contribution is 2.37. The Morgan fingerprint density at radius 2 is 1.95 bits per heavy atom. The molecule has 0 amide bonds. The summed E-state index contributed by atoms with van der Waals surface area (Å²) in [7, 11) is 0. The van der Waals surface area contributed by atoms with Crippen molar-refractivity contribution < 1.29 is 9.66 Å². The van der Waals surface area contributed by atoms with Gasteiger partial charge < -0.3 is 10.5 Å². The number of ether oxygens (including phenoxy) is 1. The van der Waals surface area contributed by atoms with Crippen molar-refractivity contribution in [3.63, 3.8) is 0 Å². The number of non-ortho nitro benzene ring substituents is 1. The van der Waals surface area contributed by atoms with Gasteiger partial charge in [-0.15, -0.1) is 0 Å². The second-order valence-electron chi connectivity index (χ2n) is 3.88. The molecule has 0 bridgehead atoms. The van der Waals surface area contributed by atoms with Gasteiger partial charge >= 0.3 is 0 Å². The molecule has 2 rings (SSSR count). The van der Waals surface area contributed by atoms with Crippen LogP contribution in [-0.2, 0) is 6.61 Å². The molecule has 0 saturated carbocycles. The summed E-state index contributed by atoms with van der Waals surface area (Å²) < 4.78 is 5.46. The van der Waals surface area contributed by atoms with Crippen molar-refractivity contribution in [1.82, 2.24) is 4.98 Å². The molecule has 20 heavy (non-hydrogen) atoms. The molecule has 104 valence electrons. The quantitative estimate of drug-likeness (QED) is 0.689. The number of benzene rings is 1. The van der Waals surface area contributed by atoms with Crippen molar-refractivity contribution in [2.45, 2.75) is 6.61 Å². The number of halogens is 2.